The molecule has 2 amide bonds. The van der Waals surface area contributed by atoms with E-state index in [-0.39, 0.29) is 6.54 Å². The maximum atomic E-state index is 12.5. The maximum absolute atomic E-state index is 12.5. The molecule has 0 saturated carbocycles. The molecule has 0 aromatic heterocycles. The van der Waals surface area contributed by atoms with Gasteiger partial charge in [0.2, 0.25) is 0 Å². The van der Waals surface area contributed by atoms with Crippen LogP contribution in [0.5, 0.6) is 0 Å². The number of aliphatic hydroxyl groups excluding tert-OH is 1. The van der Waals surface area contributed by atoms with E-state index in [9.17, 15) is 19.5 Å². The summed E-state index contributed by atoms with van der Waals surface area (Å²) in [5, 5.41) is 14.1. The van der Waals surface area contributed by atoms with Gasteiger partial charge in [-0.25, -0.2) is 4.79 Å². The Hall–Kier alpha value is -4.07. The normalized spacial score (nSPS) is 11.0. The topological polar surface area (TPSA) is 105 Å². The van der Waals surface area contributed by atoms with E-state index >= 15 is 0 Å². The Morgan fingerprint density at radius 3 is 2.06 bits per heavy atom. The lowest BCUT2D eigenvalue weighted by Gasteiger charge is -2.22. The number of nitrogens with one attached hydrogen (secondary N) is 2. The number of aliphatic hydroxyl groups is 1. The molecular weight excluding hydrogens is 420 g/mol. The second-order valence-corrected chi connectivity index (χ2v) is 7.98. The SMILES string of the molecule is CC(C)(C)OC(=O)NC[C@H](NC(=O)c1ccc(C#CC#Cc2ccccc2)cc1)C(=O)CO. The highest BCUT2D eigenvalue weighted by Crippen LogP contribution is 2.07. The predicted molar refractivity (Wildman–Crippen MR) is 124 cm³/mol. The zero-order valence-corrected chi connectivity index (χ0v) is 18.8. The third-order valence-corrected chi connectivity index (χ3v) is 4.10. The van der Waals surface area contributed by atoms with E-state index in [1.165, 1.54) is 0 Å². The van der Waals surface area contributed by atoms with Crippen molar-refractivity contribution in [2.24, 2.45) is 0 Å². The summed E-state index contributed by atoms with van der Waals surface area (Å²) >= 11 is 0. The summed E-state index contributed by atoms with van der Waals surface area (Å²) in [7, 11) is 0. The maximum Gasteiger partial charge on any atom is 0.407 e. The number of hydrogen-bond acceptors (Lipinski definition) is 5. The average molecular weight is 447 g/mol. The molecule has 7 heteroatoms. The molecular formula is C26H26N2O5. The minimum Gasteiger partial charge on any atom is -0.444 e. The summed E-state index contributed by atoms with van der Waals surface area (Å²) in [5.74, 6) is 10.2. The van der Waals surface area contributed by atoms with Gasteiger partial charge in [0.25, 0.3) is 5.91 Å². The highest BCUT2D eigenvalue weighted by molar-refractivity contribution is 5.98. The third-order valence-electron chi connectivity index (χ3n) is 4.10. The Kier molecular flexibility index (Phi) is 9.23. The lowest BCUT2D eigenvalue weighted by Crippen LogP contribution is -2.50. The molecule has 170 valence electrons. The summed E-state index contributed by atoms with van der Waals surface area (Å²) in [4.78, 5) is 36.3. The van der Waals surface area contributed by atoms with Crippen molar-refractivity contribution >= 4 is 17.8 Å². The largest absolute Gasteiger partial charge is 0.444 e. The van der Waals surface area contributed by atoms with Gasteiger partial charge in [-0.05, 0) is 69.0 Å². The third kappa shape index (κ3) is 9.30. The monoisotopic (exact) mass is 446 g/mol. The van der Waals surface area contributed by atoms with Gasteiger partial charge in [0.05, 0.1) is 0 Å². The van der Waals surface area contributed by atoms with Gasteiger partial charge < -0.3 is 20.5 Å². The summed E-state index contributed by atoms with van der Waals surface area (Å²) in [5.41, 5.74) is 1.13. The highest BCUT2D eigenvalue weighted by atomic mass is 16.6. The van der Waals surface area contributed by atoms with Crippen LogP contribution in [0.3, 0.4) is 0 Å². The Bertz CT molecular complexity index is 1100. The minimum atomic E-state index is -1.11. The van der Waals surface area contributed by atoms with Gasteiger partial charge >= 0.3 is 6.09 Å². The van der Waals surface area contributed by atoms with Gasteiger partial charge in [-0.1, -0.05) is 30.0 Å². The van der Waals surface area contributed by atoms with Crippen LogP contribution in [0.4, 0.5) is 4.79 Å². The molecule has 33 heavy (non-hydrogen) atoms. The summed E-state index contributed by atoms with van der Waals surface area (Å²) < 4.78 is 5.11. The van der Waals surface area contributed by atoms with E-state index in [0.29, 0.717) is 11.1 Å². The van der Waals surface area contributed by atoms with Gasteiger partial charge in [0, 0.05) is 23.2 Å². The molecule has 0 fully saturated rings. The van der Waals surface area contributed by atoms with Crippen molar-refractivity contribution in [1.82, 2.24) is 10.6 Å². The first-order chi connectivity index (χ1) is 15.7. The summed E-state index contributed by atoms with van der Waals surface area (Å²) in [6.07, 6.45) is -0.731. The molecule has 3 N–H and O–H groups in total. The van der Waals surface area contributed by atoms with Crippen LogP contribution in [0.15, 0.2) is 54.6 Å². The Labute approximate surface area is 193 Å². The van der Waals surface area contributed by atoms with E-state index in [1.807, 2.05) is 30.3 Å². The predicted octanol–water partition coefficient (Wildman–Crippen LogP) is 2.27. The number of hydrogen-bond donors (Lipinski definition) is 3. The number of carbonyl (C=O) groups excluding carboxylic acids is 3. The fourth-order valence-electron chi connectivity index (χ4n) is 2.53. The Balaban J connectivity index is 1.98. The van der Waals surface area contributed by atoms with Gasteiger partial charge in [-0.2, -0.15) is 0 Å². The second kappa shape index (κ2) is 12.1. The first-order valence-electron chi connectivity index (χ1n) is 10.3. The van der Waals surface area contributed by atoms with E-state index in [2.05, 4.69) is 34.3 Å². The van der Waals surface area contributed by atoms with Crippen LogP contribution in [0.2, 0.25) is 0 Å². The second-order valence-electron chi connectivity index (χ2n) is 7.98. The molecule has 2 aromatic carbocycles. The molecule has 0 saturated heterocycles. The molecule has 0 aliphatic carbocycles. The van der Waals surface area contributed by atoms with Crippen LogP contribution in [-0.4, -0.2) is 47.7 Å². The molecule has 2 aromatic rings. The Morgan fingerprint density at radius 2 is 1.52 bits per heavy atom. The van der Waals surface area contributed by atoms with E-state index in [0.717, 1.165) is 5.56 Å². The number of benzene rings is 2. The number of rotatable bonds is 6. The average Bonchev–Trinajstić information content (AvgIpc) is 2.78. The number of ether oxygens (including phenoxy) is 1. The quantitative estimate of drug-likeness (QED) is 0.591. The van der Waals surface area contributed by atoms with Crippen molar-refractivity contribution < 1.29 is 24.2 Å². The van der Waals surface area contributed by atoms with Gasteiger partial charge in [-0.15, -0.1) is 0 Å². The molecule has 0 heterocycles. The standard InChI is InChI=1S/C26H26N2O5/c1-26(2,3)33-25(32)27-17-22(23(30)18-29)28-24(31)21-15-13-20(14-16-21)12-8-7-11-19-9-5-4-6-10-19/h4-6,9-10,13-16,22,29H,17-18H2,1-3H3,(H,27,32)(H,28,31)/t22-/m0/s1. The lowest BCUT2D eigenvalue weighted by atomic mass is 10.1. The molecule has 1 atom stereocenters. The Morgan fingerprint density at radius 1 is 0.939 bits per heavy atom. The number of alkyl carbamates (subject to hydrolysis) is 1. The van der Waals surface area contributed by atoms with Gasteiger partial charge in [0.1, 0.15) is 18.2 Å². The van der Waals surface area contributed by atoms with Crippen molar-refractivity contribution in [1.29, 1.82) is 0 Å². The molecule has 0 aliphatic rings. The zero-order chi connectivity index (χ0) is 24.3. The highest BCUT2D eigenvalue weighted by Gasteiger charge is 2.23. The van der Waals surface area contributed by atoms with Crippen molar-refractivity contribution in [2.45, 2.75) is 32.4 Å². The fourth-order valence-corrected chi connectivity index (χ4v) is 2.53. The van der Waals surface area contributed by atoms with E-state index in [4.69, 9.17) is 4.74 Å². The molecule has 2 rings (SSSR count). The number of carbonyl (C=O) groups is 3. The van der Waals surface area contributed by atoms with Crippen LogP contribution in [0.1, 0.15) is 42.3 Å². The first-order valence-corrected chi connectivity index (χ1v) is 10.3. The fraction of sp³-hybridized carbons (Fsp3) is 0.269. The minimum absolute atomic E-state index is 0.219. The number of Topliss-reactive ketones (excluding diaryl/α,β-unsaturated/α-hetero) is 1. The van der Waals surface area contributed by atoms with Crippen LogP contribution < -0.4 is 10.6 Å². The van der Waals surface area contributed by atoms with E-state index in [1.54, 1.807) is 45.0 Å². The van der Waals surface area contributed by atoms with Crippen LogP contribution >= 0.6 is 0 Å². The van der Waals surface area contributed by atoms with Gasteiger partial charge in [0.15, 0.2) is 5.78 Å². The molecule has 0 radical (unpaired) electrons. The smallest absolute Gasteiger partial charge is 0.407 e. The van der Waals surface area contributed by atoms with Crippen LogP contribution in [-0.2, 0) is 9.53 Å². The van der Waals surface area contributed by atoms with Gasteiger partial charge in [-0.3, -0.25) is 9.59 Å². The summed E-state index contributed by atoms with van der Waals surface area (Å²) in [6.45, 7) is 4.11. The molecule has 0 bridgehead atoms. The molecule has 0 spiro atoms. The van der Waals surface area contributed by atoms with Crippen molar-refractivity contribution in [3.63, 3.8) is 0 Å². The van der Waals surface area contributed by atoms with Crippen molar-refractivity contribution in [3.05, 3.63) is 71.3 Å². The molecule has 0 aliphatic heterocycles. The zero-order valence-electron chi connectivity index (χ0n) is 18.8. The first kappa shape index (κ1) is 25.2. The molecule has 0 unspecified atom stereocenters. The molecule has 7 nitrogen and oxygen atoms in total. The summed E-state index contributed by atoms with van der Waals surface area (Å²) in [6, 6.07) is 14.8. The lowest BCUT2D eigenvalue weighted by molar-refractivity contribution is -0.123. The van der Waals surface area contributed by atoms with Crippen LogP contribution in [0.25, 0.3) is 0 Å². The van der Waals surface area contributed by atoms with Crippen molar-refractivity contribution in [3.8, 4) is 23.7 Å². The number of ketones is 1. The number of amides is 2. The van der Waals surface area contributed by atoms with Crippen LogP contribution in [0, 0.1) is 23.7 Å². The van der Waals surface area contributed by atoms with Crippen molar-refractivity contribution in [2.75, 3.05) is 13.2 Å². The van der Waals surface area contributed by atoms with E-state index < -0.39 is 36.0 Å².